The summed E-state index contributed by atoms with van der Waals surface area (Å²) in [6, 6.07) is 5.15. The lowest BCUT2D eigenvalue weighted by molar-refractivity contribution is -0.121. The fourth-order valence-corrected chi connectivity index (χ4v) is 33.8. The van der Waals surface area contributed by atoms with Gasteiger partial charge in [0.1, 0.15) is 0 Å². The molecule has 0 bridgehead atoms. The van der Waals surface area contributed by atoms with Crippen LogP contribution in [0.15, 0.2) is 48.6 Å². The van der Waals surface area contributed by atoms with Gasteiger partial charge >= 0.3 is 0 Å². The summed E-state index contributed by atoms with van der Waals surface area (Å²) < 4.78 is 0. The Morgan fingerprint density at radius 3 is 0.577 bits per heavy atom. The van der Waals surface area contributed by atoms with Crippen molar-refractivity contribution in [3.8, 4) is 0 Å². The van der Waals surface area contributed by atoms with E-state index in [0.717, 1.165) is 190 Å². The van der Waals surface area contributed by atoms with Gasteiger partial charge in [-0.05, 0) is 398 Å². The van der Waals surface area contributed by atoms with Gasteiger partial charge in [-0.1, -0.05) is 203 Å². The molecule has 2 heteroatoms. The fraction of sp³-hybridized carbons (Fsp3) is 0.922. The summed E-state index contributed by atoms with van der Waals surface area (Å²) >= 11 is 0. The molecule has 582 valence electrons. The molecule has 18 saturated carbocycles. The van der Waals surface area contributed by atoms with E-state index < -0.39 is 0 Å². The Morgan fingerprint density at radius 1 is 0.135 bits per heavy atom. The Labute approximate surface area is 642 Å². The lowest BCUT2D eigenvalue weighted by atomic mass is 9.44. The van der Waals surface area contributed by atoms with Crippen molar-refractivity contribution < 1.29 is 0 Å². The summed E-state index contributed by atoms with van der Waals surface area (Å²) in [6.45, 7) is 0. The SMILES string of the molecule is C(=CC1CCCC2CCCCC12)C1CCC(N(C2CCC(C=CC3CCCC4CCCCC34)CC2)C2CCC(C3CC4C5CCCCC5C(C5CCC(N(C6CCC(C=CC7CCCC8CCCCC78)CC6)C6CCC(C=CC7CCCC8CCCCC78)CC6)CC5)CC4C4CCCCC34)CC2)CC1. The molecule has 20 atom stereocenters. The average Bonchev–Trinajstić information content (AvgIpc) is 0.730. The Bertz CT molecular complexity index is 2400. The van der Waals surface area contributed by atoms with Gasteiger partial charge in [-0.15, -0.1) is 0 Å². The minimum Gasteiger partial charge on any atom is -0.294 e. The van der Waals surface area contributed by atoms with Crippen LogP contribution in [0.4, 0.5) is 0 Å². The maximum Gasteiger partial charge on any atom is 0.0102 e. The molecule has 0 amide bonds. The molecule has 0 spiro atoms. The first kappa shape index (κ1) is 74.3. The van der Waals surface area contributed by atoms with Crippen molar-refractivity contribution in [3.05, 3.63) is 48.6 Å². The van der Waals surface area contributed by atoms with Gasteiger partial charge in [0.25, 0.3) is 0 Å². The Hall–Kier alpha value is -1.12. The van der Waals surface area contributed by atoms with Crippen LogP contribution in [0.2, 0.25) is 0 Å². The third-order valence-electron chi connectivity index (χ3n) is 38.8. The van der Waals surface area contributed by atoms with E-state index in [1.165, 1.54) is 231 Å². The maximum atomic E-state index is 3.41. The van der Waals surface area contributed by atoms with E-state index in [1.54, 1.807) is 167 Å². The molecule has 0 aromatic carbocycles. The lowest BCUT2D eigenvalue weighted by Gasteiger charge is -2.61. The van der Waals surface area contributed by atoms with Crippen molar-refractivity contribution >= 4 is 0 Å². The third-order valence-corrected chi connectivity index (χ3v) is 38.8. The standard InChI is InChI=1S/C102H164N2/c1-5-29-91-75(17-1)21-13-25-79(91)49-37-71-41-57-85(58-42-71)103(86-59-43-72(44-60-86)38-50-80-26-14-22-76-18-2-6-30-92(76)80)89-65-53-83(54-66-89)99-69-101-98-36-12-10-34-96(98)100(70-102(101)97-35-11-9-33-95(97)99)84-55-67-90(68-56-84)104(87-61-45-73(46-62-87)39-51-81-27-15-23-77-19-3-7-31-93(77)81)88-63-47-74(48-64-88)40-52-82-28-16-24-78-20-4-8-32-94(78)82/h37-40,49-52,71-102H,1-36,41-48,53-70H2. The van der Waals surface area contributed by atoms with Crippen LogP contribution >= 0.6 is 0 Å². The van der Waals surface area contributed by atoms with Crippen LogP contribution in [0, 0.1) is 154 Å². The van der Waals surface area contributed by atoms with Gasteiger partial charge in [0.2, 0.25) is 0 Å². The summed E-state index contributed by atoms with van der Waals surface area (Å²) in [4.78, 5) is 6.82. The van der Waals surface area contributed by atoms with Crippen LogP contribution in [0.3, 0.4) is 0 Å². The van der Waals surface area contributed by atoms with Crippen LogP contribution in [0.25, 0.3) is 0 Å². The largest absolute Gasteiger partial charge is 0.294 e. The lowest BCUT2D eigenvalue weighted by Crippen LogP contribution is -2.55. The molecule has 0 aliphatic heterocycles. The Kier molecular flexibility index (Phi) is 25.4. The molecule has 0 saturated heterocycles. The monoisotopic (exact) mass is 1420 g/mol. The molecule has 0 aromatic rings. The zero-order valence-corrected chi connectivity index (χ0v) is 67.8. The van der Waals surface area contributed by atoms with Crippen molar-refractivity contribution in [2.75, 3.05) is 0 Å². The molecule has 20 unspecified atom stereocenters. The second-order valence-corrected chi connectivity index (χ2v) is 43.4. The molecule has 2 nitrogen and oxygen atoms in total. The maximum absolute atomic E-state index is 3.41. The van der Waals surface area contributed by atoms with Crippen molar-refractivity contribution in [3.63, 3.8) is 0 Å². The predicted molar refractivity (Wildman–Crippen MR) is 440 cm³/mol. The smallest absolute Gasteiger partial charge is 0.0102 e. The van der Waals surface area contributed by atoms with Crippen molar-refractivity contribution in [2.45, 2.75) is 434 Å². The first-order chi connectivity index (χ1) is 51.5. The second kappa shape index (κ2) is 35.5. The van der Waals surface area contributed by atoms with E-state index in [0.29, 0.717) is 0 Å². The van der Waals surface area contributed by atoms with Gasteiger partial charge in [-0.25, -0.2) is 0 Å². The molecule has 0 N–H and O–H groups in total. The van der Waals surface area contributed by atoms with Crippen molar-refractivity contribution in [1.29, 1.82) is 0 Å². The molecule has 0 heterocycles. The quantitative estimate of drug-likeness (QED) is 0.142. The van der Waals surface area contributed by atoms with Crippen LogP contribution in [0.1, 0.15) is 398 Å². The van der Waals surface area contributed by atoms with Gasteiger partial charge in [0, 0.05) is 36.3 Å². The van der Waals surface area contributed by atoms with E-state index in [4.69, 9.17) is 0 Å². The molecule has 18 aliphatic rings. The number of nitrogens with zero attached hydrogens (tertiary/aromatic N) is 2. The van der Waals surface area contributed by atoms with Crippen LogP contribution in [0.5, 0.6) is 0 Å². The van der Waals surface area contributed by atoms with Gasteiger partial charge in [-0.3, -0.25) is 9.80 Å². The molecule has 104 heavy (non-hydrogen) atoms. The zero-order chi connectivity index (χ0) is 69.1. The van der Waals surface area contributed by atoms with Gasteiger partial charge < -0.3 is 0 Å². The van der Waals surface area contributed by atoms with E-state index in [1.807, 2.05) is 0 Å². The number of allylic oxidation sites excluding steroid dienone is 8. The average molecular weight is 1420 g/mol. The van der Waals surface area contributed by atoms with Gasteiger partial charge in [-0.2, -0.15) is 0 Å². The fourth-order valence-electron chi connectivity index (χ4n) is 33.8. The van der Waals surface area contributed by atoms with E-state index in [9.17, 15) is 0 Å². The first-order valence-electron chi connectivity index (χ1n) is 49.8. The number of fused-ring (bicyclic) bond motifs is 9. The minimum absolute atomic E-state index is 0.853. The first-order valence-corrected chi connectivity index (χ1v) is 49.8. The van der Waals surface area contributed by atoms with E-state index >= 15 is 0 Å². The second-order valence-electron chi connectivity index (χ2n) is 43.4. The highest BCUT2D eigenvalue weighted by Gasteiger charge is 2.57. The normalized spacial score (nSPS) is 49.3. The number of hydrogen-bond donors (Lipinski definition) is 0. The highest BCUT2D eigenvalue weighted by molar-refractivity contribution is 5.11. The van der Waals surface area contributed by atoms with Crippen molar-refractivity contribution in [1.82, 2.24) is 9.80 Å². The molecular weight excluding hydrogens is 1250 g/mol. The zero-order valence-electron chi connectivity index (χ0n) is 67.8. The Balaban J connectivity index is 0.523. The third kappa shape index (κ3) is 16.8. The highest BCUT2D eigenvalue weighted by atomic mass is 15.2. The van der Waals surface area contributed by atoms with Crippen LogP contribution in [-0.2, 0) is 0 Å². The summed E-state index contributed by atoms with van der Waals surface area (Å²) in [5.41, 5.74) is 0. The highest BCUT2D eigenvalue weighted by Crippen LogP contribution is 2.65. The molecule has 18 aliphatic carbocycles. The summed E-state index contributed by atoms with van der Waals surface area (Å²) in [6.07, 6.45) is 118. The number of hydrogen-bond acceptors (Lipinski definition) is 2. The van der Waals surface area contributed by atoms with E-state index in [-0.39, 0.29) is 0 Å². The van der Waals surface area contributed by atoms with Crippen molar-refractivity contribution in [2.24, 2.45) is 154 Å². The van der Waals surface area contributed by atoms with Crippen LogP contribution < -0.4 is 0 Å². The predicted octanol–water partition coefficient (Wildman–Crippen LogP) is 28.5. The summed E-state index contributed by atoms with van der Waals surface area (Å²) in [5.74, 6) is 25.9. The van der Waals surface area contributed by atoms with Gasteiger partial charge in [0.15, 0.2) is 0 Å². The summed E-state index contributed by atoms with van der Waals surface area (Å²) in [7, 11) is 0. The minimum atomic E-state index is 0.853. The van der Waals surface area contributed by atoms with E-state index in [2.05, 4.69) is 58.4 Å². The van der Waals surface area contributed by atoms with Crippen LogP contribution in [-0.4, -0.2) is 46.1 Å². The topological polar surface area (TPSA) is 6.48 Å². The summed E-state index contributed by atoms with van der Waals surface area (Å²) in [5, 5.41) is 0. The van der Waals surface area contributed by atoms with Gasteiger partial charge in [0.05, 0.1) is 0 Å². The molecular formula is C102H164N2. The Morgan fingerprint density at radius 2 is 0.327 bits per heavy atom. The number of rotatable bonds is 16. The molecule has 18 rings (SSSR count). The molecule has 0 aromatic heterocycles. The molecule has 18 fully saturated rings. The molecule has 0 radical (unpaired) electrons.